The fraction of sp³-hybridized carbons (Fsp3) is 0.0870. The Balaban J connectivity index is 1.56. The van der Waals surface area contributed by atoms with Crippen LogP contribution in [0.4, 0.5) is 10.1 Å². The Morgan fingerprint density at radius 2 is 1.93 bits per heavy atom. The molecule has 0 fully saturated rings. The number of aromatic amines is 1. The van der Waals surface area contributed by atoms with Gasteiger partial charge in [0, 0.05) is 23.0 Å². The first-order valence-electron chi connectivity index (χ1n) is 9.61. The Morgan fingerprint density at radius 3 is 2.80 bits per heavy atom. The molecule has 0 saturated carbocycles. The van der Waals surface area contributed by atoms with Crippen molar-refractivity contribution in [2.75, 3.05) is 5.32 Å². The zero-order valence-corrected chi connectivity index (χ0v) is 16.3. The molecule has 0 spiro atoms. The van der Waals surface area contributed by atoms with Gasteiger partial charge in [0.15, 0.2) is 5.82 Å². The first kappa shape index (κ1) is 18.1. The summed E-state index contributed by atoms with van der Waals surface area (Å²) in [4.78, 5) is 9.45. The van der Waals surface area contributed by atoms with Crippen molar-refractivity contribution < 1.29 is 4.39 Å². The van der Waals surface area contributed by atoms with Gasteiger partial charge in [-0.1, -0.05) is 18.2 Å². The highest BCUT2D eigenvalue weighted by molar-refractivity contribution is 5.80. The van der Waals surface area contributed by atoms with Gasteiger partial charge < -0.3 is 5.32 Å². The van der Waals surface area contributed by atoms with Gasteiger partial charge in [-0.25, -0.2) is 14.4 Å². The van der Waals surface area contributed by atoms with Crippen LogP contribution in [0.1, 0.15) is 11.4 Å². The van der Waals surface area contributed by atoms with E-state index in [0.29, 0.717) is 12.2 Å². The number of rotatable bonds is 5. The minimum Gasteiger partial charge on any atom is -0.377 e. The van der Waals surface area contributed by atoms with Gasteiger partial charge in [0.25, 0.3) is 0 Å². The maximum absolute atomic E-state index is 14.0. The molecule has 3 aromatic heterocycles. The van der Waals surface area contributed by atoms with Crippen LogP contribution < -0.4 is 5.32 Å². The lowest BCUT2D eigenvalue weighted by Crippen LogP contribution is -2.01. The molecule has 0 amide bonds. The van der Waals surface area contributed by atoms with Crippen LogP contribution in [0.15, 0.2) is 73.1 Å². The van der Waals surface area contributed by atoms with Crippen LogP contribution in [0.2, 0.25) is 0 Å². The first-order valence-corrected chi connectivity index (χ1v) is 9.61. The van der Waals surface area contributed by atoms with E-state index >= 15 is 0 Å². The third-order valence-electron chi connectivity index (χ3n) is 4.91. The molecule has 5 rings (SSSR count). The molecule has 30 heavy (non-hydrogen) atoms. The number of nitrogens with one attached hydrogen (secondary N) is 2. The van der Waals surface area contributed by atoms with Gasteiger partial charge in [0.2, 0.25) is 0 Å². The number of para-hydroxylation sites is 1. The van der Waals surface area contributed by atoms with E-state index in [4.69, 9.17) is 4.98 Å². The molecule has 0 aliphatic carbocycles. The van der Waals surface area contributed by atoms with E-state index in [2.05, 4.69) is 20.5 Å². The number of fused-ring (bicyclic) bond motifs is 1. The molecule has 6 nitrogen and oxygen atoms in total. The third-order valence-corrected chi connectivity index (χ3v) is 4.91. The summed E-state index contributed by atoms with van der Waals surface area (Å²) in [5, 5.41) is 11.2. The Hall–Kier alpha value is -4.00. The van der Waals surface area contributed by atoms with Crippen LogP contribution in [0.25, 0.3) is 28.1 Å². The van der Waals surface area contributed by atoms with Crippen molar-refractivity contribution in [3.05, 3.63) is 90.3 Å². The minimum atomic E-state index is -0.289. The largest absolute Gasteiger partial charge is 0.377 e. The Morgan fingerprint density at radius 1 is 1.03 bits per heavy atom. The standard InChI is InChI=1S/C23H19FN6/c1-15-5-4-8-22(27-15)23-28-17(13-25-21-7-3-2-6-19(21)24)14-30(23)18-9-10-20-16(11-18)12-26-29-20/h2-12,14,25H,13H2,1H3,(H,26,29). The average Bonchev–Trinajstić information content (AvgIpc) is 3.39. The number of nitrogens with zero attached hydrogens (tertiary/aromatic N) is 4. The van der Waals surface area contributed by atoms with Crippen LogP contribution in [-0.4, -0.2) is 24.7 Å². The zero-order chi connectivity index (χ0) is 20.5. The molecule has 5 aromatic rings. The Bertz CT molecular complexity index is 1340. The lowest BCUT2D eigenvalue weighted by molar-refractivity contribution is 0.630. The summed E-state index contributed by atoms with van der Waals surface area (Å²) < 4.78 is 16.0. The minimum absolute atomic E-state index is 0.289. The quantitative estimate of drug-likeness (QED) is 0.443. The molecule has 0 atom stereocenters. The summed E-state index contributed by atoms with van der Waals surface area (Å²) in [7, 11) is 0. The second kappa shape index (κ2) is 7.44. The molecule has 0 radical (unpaired) electrons. The van der Waals surface area contributed by atoms with Crippen molar-refractivity contribution in [2.45, 2.75) is 13.5 Å². The number of benzene rings is 2. The average molecular weight is 398 g/mol. The van der Waals surface area contributed by atoms with E-state index in [1.807, 2.05) is 54.1 Å². The number of imidazole rings is 1. The second-order valence-electron chi connectivity index (χ2n) is 7.07. The summed E-state index contributed by atoms with van der Waals surface area (Å²) in [6.45, 7) is 2.34. The maximum Gasteiger partial charge on any atom is 0.163 e. The van der Waals surface area contributed by atoms with Crippen LogP contribution in [-0.2, 0) is 6.54 Å². The SMILES string of the molecule is Cc1cccc(-c2nc(CNc3ccccc3F)cn2-c2ccc3[nH]ncc3c2)n1. The molecule has 2 N–H and O–H groups in total. The fourth-order valence-electron chi connectivity index (χ4n) is 3.43. The highest BCUT2D eigenvalue weighted by atomic mass is 19.1. The molecule has 2 aromatic carbocycles. The van der Waals surface area contributed by atoms with Crippen molar-refractivity contribution in [3.8, 4) is 17.2 Å². The van der Waals surface area contributed by atoms with Crippen LogP contribution in [0.3, 0.4) is 0 Å². The van der Waals surface area contributed by atoms with E-state index in [-0.39, 0.29) is 5.82 Å². The van der Waals surface area contributed by atoms with Gasteiger partial charge in [0.05, 0.1) is 29.6 Å². The van der Waals surface area contributed by atoms with Crippen LogP contribution in [0.5, 0.6) is 0 Å². The predicted molar refractivity (Wildman–Crippen MR) is 115 cm³/mol. The highest BCUT2D eigenvalue weighted by Gasteiger charge is 2.14. The lowest BCUT2D eigenvalue weighted by atomic mass is 10.2. The first-order chi connectivity index (χ1) is 14.7. The Kier molecular flexibility index (Phi) is 4.48. The monoisotopic (exact) mass is 398 g/mol. The number of halogens is 1. The van der Waals surface area contributed by atoms with Crippen molar-refractivity contribution in [2.24, 2.45) is 0 Å². The second-order valence-corrected chi connectivity index (χ2v) is 7.07. The van der Waals surface area contributed by atoms with Crippen molar-refractivity contribution in [3.63, 3.8) is 0 Å². The Labute approximate surface area is 172 Å². The van der Waals surface area contributed by atoms with Crippen molar-refractivity contribution in [1.29, 1.82) is 0 Å². The summed E-state index contributed by atoms with van der Waals surface area (Å²) >= 11 is 0. The van der Waals surface area contributed by atoms with E-state index in [1.165, 1.54) is 6.07 Å². The maximum atomic E-state index is 14.0. The molecular formula is C23H19FN6. The smallest absolute Gasteiger partial charge is 0.163 e. The van der Waals surface area contributed by atoms with Gasteiger partial charge in [-0.3, -0.25) is 9.67 Å². The topological polar surface area (TPSA) is 71.4 Å². The summed E-state index contributed by atoms with van der Waals surface area (Å²) in [5.74, 6) is 0.440. The van der Waals surface area contributed by atoms with Gasteiger partial charge >= 0.3 is 0 Å². The van der Waals surface area contributed by atoms with Crippen LogP contribution >= 0.6 is 0 Å². The molecule has 0 unspecified atom stereocenters. The number of aromatic nitrogens is 5. The number of aryl methyl sites for hydroxylation is 1. The lowest BCUT2D eigenvalue weighted by Gasteiger charge is -2.08. The number of hydrogen-bond acceptors (Lipinski definition) is 4. The number of hydrogen-bond donors (Lipinski definition) is 2. The van der Waals surface area contributed by atoms with Gasteiger partial charge in [-0.2, -0.15) is 5.10 Å². The number of anilines is 1. The number of H-pyrrole nitrogens is 1. The molecule has 148 valence electrons. The van der Waals surface area contributed by atoms with E-state index in [0.717, 1.165) is 39.5 Å². The molecule has 0 aliphatic rings. The zero-order valence-electron chi connectivity index (χ0n) is 16.3. The summed E-state index contributed by atoms with van der Waals surface area (Å²) in [6, 6.07) is 18.5. The van der Waals surface area contributed by atoms with E-state index in [1.54, 1.807) is 24.4 Å². The molecule has 0 bridgehead atoms. The van der Waals surface area contributed by atoms with Gasteiger partial charge in [-0.15, -0.1) is 0 Å². The van der Waals surface area contributed by atoms with Crippen LogP contribution in [0, 0.1) is 12.7 Å². The summed E-state index contributed by atoms with van der Waals surface area (Å²) in [6.07, 6.45) is 3.75. The number of pyridine rings is 1. The normalized spacial score (nSPS) is 11.1. The highest BCUT2D eigenvalue weighted by Crippen LogP contribution is 2.25. The molecular weight excluding hydrogens is 379 g/mol. The molecule has 7 heteroatoms. The third kappa shape index (κ3) is 3.41. The van der Waals surface area contributed by atoms with E-state index in [9.17, 15) is 4.39 Å². The molecule has 0 aliphatic heterocycles. The predicted octanol–water partition coefficient (Wildman–Crippen LogP) is 4.87. The fourth-order valence-corrected chi connectivity index (χ4v) is 3.43. The van der Waals surface area contributed by atoms with Gasteiger partial charge in [0.1, 0.15) is 11.5 Å². The molecule has 0 saturated heterocycles. The summed E-state index contributed by atoms with van der Waals surface area (Å²) in [5.41, 5.74) is 4.84. The molecule has 3 heterocycles. The van der Waals surface area contributed by atoms with Crippen molar-refractivity contribution >= 4 is 16.6 Å². The van der Waals surface area contributed by atoms with E-state index < -0.39 is 0 Å². The van der Waals surface area contributed by atoms with Gasteiger partial charge in [-0.05, 0) is 49.4 Å². The van der Waals surface area contributed by atoms with Crippen molar-refractivity contribution in [1.82, 2.24) is 24.7 Å².